The van der Waals surface area contributed by atoms with Crippen molar-refractivity contribution >= 4 is 17.7 Å². The highest BCUT2D eigenvalue weighted by Crippen LogP contribution is 2.41. The molecule has 1 saturated carbocycles. The third-order valence-electron chi connectivity index (χ3n) is 5.83. The summed E-state index contributed by atoms with van der Waals surface area (Å²) in [5.41, 5.74) is 4.96. The molecule has 1 aliphatic rings. The lowest BCUT2D eigenvalue weighted by molar-refractivity contribution is -0.128. The van der Waals surface area contributed by atoms with E-state index in [1.165, 1.54) is 43.0 Å². The van der Waals surface area contributed by atoms with Crippen LogP contribution in [0.5, 0.6) is 11.5 Å². The molecule has 6 nitrogen and oxygen atoms in total. The first-order chi connectivity index (χ1) is 15.6. The molecule has 1 unspecified atom stereocenters. The molecule has 3 N–H and O–H groups in total. The average Bonchev–Trinajstić information content (AvgIpc) is 3.36. The molecule has 1 amide bonds. The minimum atomic E-state index is -0.542. The Morgan fingerprint density at radius 2 is 1.94 bits per heavy atom. The quantitative estimate of drug-likeness (QED) is 0.247. The molecule has 1 fully saturated rings. The molecule has 0 bridgehead atoms. The van der Waals surface area contributed by atoms with Crippen LogP contribution in [0.25, 0.3) is 0 Å². The molecule has 0 radical (unpaired) electrons. The van der Waals surface area contributed by atoms with Crippen molar-refractivity contribution in [1.29, 1.82) is 0 Å². The average molecular weight is 460 g/mol. The topological polar surface area (TPSA) is 88.0 Å². The van der Waals surface area contributed by atoms with E-state index in [2.05, 4.69) is 12.1 Å². The summed E-state index contributed by atoms with van der Waals surface area (Å²) in [7, 11) is 1.65. The van der Waals surface area contributed by atoms with E-state index in [1.54, 1.807) is 12.6 Å². The summed E-state index contributed by atoms with van der Waals surface area (Å²) in [6, 6.07) is 14.1. The fourth-order valence-electron chi connectivity index (χ4n) is 4.13. The van der Waals surface area contributed by atoms with Crippen molar-refractivity contribution in [3.63, 3.8) is 0 Å². The molecule has 0 saturated heterocycles. The molecule has 2 aromatic carbocycles. The van der Waals surface area contributed by atoms with E-state index in [0.717, 1.165) is 22.6 Å². The summed E-state index contributed by atoms with van der Waals surface area (Å²) < 4.78 is 11.6. The molecule has 0 heterocycles. The van der Waals surface area contributed by atoms with E-state index in [1.807, 2.05) is 30.3 Å². The van der Waals surface area contributed by atoms with Crippen LogP contribution in [0.1, 0.15) is 54.7 Å². The van der Waals surface area contributed by atoms with Gasteiger partial charge in [0.25, 0.3) is 0 Å². The SMILES string of the molecule is COc1ccc(COc2c(CC(O)CSCCC(=O)NO)cccc2C2CCCC2)cc1. The summed E-state index contributed by atoms with van der Waals surface area (Å²) in [5, 5.41) is 19.2. The van der Waals surface area contributed by atoms with Gasteiger partial charge >= 0.3 is 0 Å². The number of aliphatic hydroxyl groups excluding tert-OH is 1. The number of rotatable bonds is 12. The standard InChI is InChI=1S/C25H33NO5S/c1-30-22-11-9-18(10-12-22)16-31-25-20(7-4-8-23(25)19-5-2-3-6-19)15-21(27)17-32-14-13-24(28)26-29/h4,7-12,19,21,27,29H,2-3,5-6,13-17H2,1H3,(H,26,28). The van der Waals surface area contributed by atoms with Crippen molar-refractivity contribution in [1.82, 2.24) is 5.48 Å². The number of aliphatic hydroxyl groups is 1. The van der Waals surface area contributed by atoms with Crippen LogP contribution < -0.4 is 15.0 Å². The molecular weight excluding hydrogens is 426 g/mol. The highest BCUT2D eigenvalue weighted by molar-refractivity contribution is 7.99. The first-order valence-corrected chi connectivity index (χ1v) is 12.3. The Morgan fingerprint density at radius 3 is 2.62 bits per heavy atom. The zero-order chi connectivity index (χ0) is 22.8. The molecule has 0 aliphatic heterocycles. The number of carbonyl (C=O) groups excluding carboxylic acids is 1. The number of ether oxygens (including phenoxy) is 2. The molecule has 0 aromatic heterocycles. The van der Waals surface area contributed by atoms with Gasteiger partial charge in [-0.15, -0.1) is 0 Å². The predicted octanol–water partition coefficient (Wildman–Crippen LogP) is 4.46. The normalized spacial score (nSPS) is 14.8. The van der Waals surface area contributed by atoms with E-state index in [0.29, 0.717) is 30.5 Å². The third kappa shape index (κ3) is 7.15. The Bertz CT molecular complexity index is 852. The van der Waals surface area contributed by atoms with Crippen LogP contribution in [0.3, 0.4) is 0 Å². The summed E-state index contributed by atoms with van der Waals surface area (Å²) in [4.78, 5) is 11.1. The number of hydrogen-bond acceptors (Lipinski definition) is 6. The van der Waals surface area contributed by atoms with Gasteiger partial charge in [-0.05, 0) is 47.6 Å². The van der Waals surface area contributed by atoms with Crippen LogP contribution in [0.4, 0.5) is 0 Å². The summed E-state index contributed by atoms with van der Waals surface area (Å²) >= 11 is 1.50. The maximum atomic E-state index is 11.1. The summed E-state index contributed by atoms with van der Waals surface area (Å²) in [5.74, 6) is 2.88. The molecule has 174 valence electrons. The van der Waals surface area contributed by atoms with Gasteiger partial charge in [-0.1, -0.05) is 43.2 Å². The van der Waals surface area contributed by atoms with Crippen LogP contribution >= 0.6 is 11.8 Å². The predicted molar refractivity (Wildman–Crippen MR) is 127 cm³/mol. The van der Waals surface area contributed by atoms with E-state index in [-0.39, 0.29) is 6.42 Å². The van der Waals surface area contributed by atoms with Gasteiger partial charge in [0.2, 0.25) is 5.91 Å². The van der Waals surface area contributed by atoms with E-state index < -0.39 is 12.0 Å². The second kappa shape index (κ2) is 12.7. The first kappa shape index (κ1) is 24.4. The molecule has 3 rings (SSSR count). The number of benzene rings is 2. The van der Waals surface area contributed by atoms with Crippen molar-refractivity contribution in [3.05, 3.63) is 59.2 Å². The number of nitrogens with one attached hydrogen (secondary N) is 1. The van der Waals surface area contributed by atoms with Gasteiger partial charge < -0.3 is 14.6 Å². The zero-order valence-corrected chi connectivity index (χ0v) is 19.4. The maximum absolute atomic E-state index is 11.1. The lowest BCUT2D eigenvalue weighted by atomic mass is 9.93. The maximum Gasteiger partial charge on any atom is 0.244 e. The Kier molecular flexibility index (Phi) is 9.71. The third-order valence-corrected chi connectivity index (χ3v) is 6.94. The van der Waals surface area contributed by atoms with Crippen molar-refractivity contribution in [2.24, 2.45) is 0 Å². The van der Waals surface area contributed by atoms with Gasteiger partial charge in [-0.2, -0.15) is 11.8 Å². The molecule has 2 aromatic rings. The molecule has 1 atom stereocenters. The van der Waals surface area contributed by atoms with Crippen LogP contribution in [-0.2, 0) is 17.8 Å². The number of hydrogen-bond donors (Lipinski definition) is 3. The van der Waals surface area contributed by atoms with Gasteiger partial charge in [-0.3, -0.25) is 10.0 Å². The smallest absolute Gasteiger partial charge is 0.244 e. The van der Waals surface area contributed by atoms with E-state index in [9.17, 15) is 9.90 Å². The summed E-state index contributed by atoms with van der Waals surface area (Å²) in [6.07, 6.45) is 5.01. The van der Waals surface area contributed by atoms with E-state index >= 15 is 0 Å². The molecular formula is C25H33NO5S. The Hall–Kier alpha value is -2.22. The number of hydroxylamine groups is 1. The summed E-state index contributed by atoms with van der Waals surface area (Å²) in [6.45, 7) is 0.460. The zero-order valence-electron chi connectivity index (χ0n) is 18.6. The number of para-hydroxylation sites is 1. The second-order valence-electron chi connectivity index (χ2n) is 8.17. The molecule has 7 heteroatoms. The number of carbonyl (C=O) groups is 1. The second-order valence-corrected chi connectivity index (χ2v) is 9.32. The highest BCUT2D eigenvalue weighted by Gasteiger charge is 2.23. The van der Waals surface area contributed by atoms with Crippen LogP contribution in [0.2, 0.25) is 0 Å². The van der Waals surface area contributed by atoms with Crippen molar-refractivity contribution in [3.8, 4) is 11.5 Å². The Balaban J connectivity index is 1.68. The minimum absolute atomic E-state index is 0.223. The Morgan fingerprint density at radius 1 is 1.19 bits per heavy atom. The highest BCUT2D eigenvalue weighted by atomic mass is 32.2. The fourth-order valence-corrected chi connectivity index (χ4v) is 5.02. The van der Waals surface area contributed by atoms with Crippen LogP contribution in [-0.4, -0.2) is 40.9 Å². The minimum Gasteiger partial charge on any atom is -0.497 e. The van der Waals surface area contributed by atoms with Gasteiger partial charge in [0.1, 0.15) is 18.1 Å². The van der Waals surface area contributed by atoms with Gasteiger partial charge in [0, 0.05) is 24.3 Å². The van der Waals surface area contributed by atoms with Crippen molar-refractivity contribution < 1.29 is 24.6 Å². The van der Waals surface area contributed by atoms with Crippen molar-refractivity contribution in [2.75, 3.05) is 18.6 Å². The van der Waals surface area contributed by atoms with Crippen LogP contribution in [0, 0.1) is 0 Å². The number of thioether (sulfide) groups is 1. The number of amides is 1. The molecule has 32 heavy (non-hydrogen) atoms. The fraction of sp³-hybridized carbons (Fsp3) is 0.480. The van der Waals surface area contributed by atoms with Crippen molar-refractivity contribution in [2.45, 2.75) is 57.2 Å². The van der Waals surface area contributed by atoms with E-state index in [4.69, 9.17) is 14.7 Å². The largest absolute Gasteiger partial charge is 0.497 e. The molecule has 0 spiro atoms. The first-order valence-electron chi connectivity index (χ1n) is 11.2. The number of methoxy groups -OCH3 is 1. The molecule has 1 aliphatic carbocycles. The lowest BCUT2D eigenvalue weighted by Crippen LogP contribution is -2.20. The lowest BCUT2D eigenvalue weighted by Gasteiger charge is -2.21. The Labute approximate surface area is 194 Å². The van der Waals surface area contributed by atoms with Gasteiger partial charge in [-0.25, -0.2) is 5.48 Å². The van der Waals surface area contributed by atoms with Gasteiger partial charge in [0.15, 0.2) is 0 Å². The monoisotopic (exact) mass is 459 g/mol. The van der Waals surface area contributed by atoms with Gasteiger partial charge in [0.05, 0.1) is 13.2 Å². The van der Waals surface area contributed by atoms with Crippen LogP contribution in [0.15, 0.2) is 42.5 Å².